The molecule has 0 spiro atoms. The average Bonchev–Trinajstić information content (AvgIpc) is 3.73. The third-order valence-electron chi connectivity index (χ3n) is 7.33. The summed E-state index contributed by atoms with van der Waals surface area (Å²) in [6.45, 7) is 7.73. The van der Waals surface area contributed by atoms with Crippen LogP contribution in [0.25, 0.3) is 39.4 Å². The van der Waals surface area contributed by atoms with Gasteiger partial charge in [0.1, 0.15) is 17.2 Å². The summed E-state index contributed by atoms with van der Waals surface area (Å²) in [5.41, 5.74) is 5.19. The van der Waals surface area contributed by atoms with Gasteiger partial charge in [-0.15, -0.1) is 5.10 Å². The number of hydrogen-bond donors (Lipinski definition) is 0. The van der Waals surface area contributed by atoms with Crippen LogP contribution in [0.3, 0.4) is 0 Å². The quantitative estimate of drug-likeness (QED) is 0.141. The molecule has 0 radical (unpaired) electrons. The summed E-state index contributed by atoms with van der Waals surface area (Å²) in [7, 11) is 0. The molecule has 224 valence electrons. The van der Waals surface area contributed by atoms with Gasteiger partial charge in [0, 0.05) is 22.9 Å². The Morgan fingerprint density at radius 1 is 0.864 bits per heavy atom. The predicted molar refractivity (Wildman–Crippen MR) is 176 cm³/mol. The molecule has 0 unspecified atom stereocenters. The lowest BCUT2D eigenvalue weighted by atomic mass is 10.0. The van der Waals surface area contributed by atoms with Crippen molar-refractivity contribution in [2.75, 3.05) is 13.2 Å². The lowest BCUT2D eigenvalue weighted by molar-refractivity contribution is 0.309. The van der Waals surface area contributed by atoms with Crippen LogP contribution in [0.2, 0.25) is 0 Å². The molecule has 0 amide bonds. The number of thiazole rings is 1. The lowest BCUT2D eigenvalue weighted by Gasteiger charge is -2.09. The second-order valence-electron chi connectivity index (χ2n) is 10.7. The van der Waals surface area contributed by atoms with E-state index in [-0.39, 0.29) is 5.56 Å². The Morgan fingerprint density at radius 3 is 2.25 bits per heavy atom. The van der Waals surface area contributed by atoms with Gasteiger partial charge in [-0.2, -0.15) is 14.6 Å². The van der Waals surface area contributed by atoms with Crippen LogP contribution in [-0.4, -0.2) is 37.6 Å². The van der Waals surface area contributed by atoms with E-state index in [0.29, 0.717) is 28.5 Å². The maximum atomic E-state index is 13.5. The van der Waals surface area contributed by atoms with Crippen molar-refractivity contribution in [1.29, 1.82) is 0 Å². The first-order valence-corrected chi connectivity index (χ1v) is 15.9. The Labute approximate surface area is 260 Å². The Morgan fingerprint density at radius 2 is 1.57 bits per heavy atom. The zero-order chi connectivity index (χ0) is 30.5. The van der Waals surface area contributed by atoms with Crippen LogP contribution in [0.5, 0.6) is 11.5 Å². The normalized spacial score (nSPS) is 11.8. The van der Waals surface area contributed by atoms with Crippen LogP contribution in [0, 0.1) is 6.92 Å². The number of unbranched alkanes of at least 4 members (excludes halogenated alkanes) is 2. The first kappa shape index (κ1) is 29.3. The minimum atomic E-state index is -0.210. The molecule has 3 aromatic carbocycles. The zero-order valence-corrected chi connectivity index (χ0v) is 26.0. The van der Waals surface area contributed by atoms with Crippen LogP contribution in [-0.2, 0) is 0 Å². The molecule has 0 saturated carbocycles. The molecular weight excluding hydrogens is 570 g/mol. The van der Waals surface area contributed by atoms with Gasteiger partial charge in [0.15, 0.2) is 5.82 Å². The first-order valence-electron chi connectivity index (χ1n) is 15.1. The summed E-state index contributed by atoms with van der Waals surface area (Å²) < 4.78 is 15.5. The topological polar surface area (TPSA) is 83.5 Å². The fourth-order valence-corrected chi connectivity index (χ4v) is 5.77. The molecule has 0 atom stereocenters. The fourth-order valence-electron chi connectivity index (χ4n) is 4.87. The summed E-state index contributed by atoms with van der Waals surface area (Å²) in [5.74, 6) is 2.16. The van der Waals surface area contributed by atoms with E-state index < -0.39 is 0 Å². The molecule has 0 N–H and O–H groups in total. The molecule has 0 aliphatic rings. The third kappa shape index (κ3) is 6.28. The number of ether oxygens (including phenoxy) is 2. The molecule has 0 aliphatic carbocycles. The maximum Gasteiger partial charge on any atom is 0.291 e. The Bertz CT molecular complexity index is 1980. The predicted octanol–water partition coefficient (Wildman–Crippen LogP) is 6.88. The molecule has 6 aromatic rings. The van der Waals surface area contributed by atoms with Crippen LogP contribution in [0.1, 0.15) is 50.7 Å². The van der Waals surface area contributed by atoms with Gasteiger partial charge >= 0.3 is 0 Å². The molecule has 3 heterocycles. The second kappa shape index (κ2) is 13.3. The molecule has 0 saturated heterocycles. The number of para-hydroxylation sites is 1. The van der Waals surface area contributed by atoms with Crippen molar-refractivity contribution in [3.05, 3.63) is 105 Å². The van der Waals surface area contributed by atoms with E-state index in [1.807, 2.05) is 89.8 Å². The van der Waals surface area contributed by atoms with Crippen LogP contribution >= 0.6 is 11.3 Å². The summed E-state index contributed by atoms with van der Waals surface area (Å²) in [6, 6.07) is 23.7. The number of rotatable bonds is 12. The molecule has 0 fully saturated rings. The third-order valence-corrected chi connectivity index (χ3v) is 8.29. The van der Waals surface area contributed by atoms with Gasteiger partial charge in [-0.25, -0.2) is 4.68 Å². The van der Waals surface area contributed by atoms with Crippen LogP contribution in [0.4, 0.5) is 0 Å². The van der Waals surface area contributed by atoms with Gasteiger partial charge < -0.3 is 9.47 Å². The average molecular weight is 606 g/mol. The maximum absolute atomic E-state index is 13.5. The number of hydrogen-bond acceptors (Lipinski definition) is 7. The number of aryl methyl sites for hydroxylation is 1. The van der Waals surface area contributed by atoms with E-state index >= 15 is 0 Å². The minimum absolute atomic E-state index is 0.210. The SMILES string of the molecule is CCCCOc1ccc(-c2nc3s/c(=C\c4cn(-c5ccccc5)nc4-c4ccc(OCCCC)cc4C)c(=O)n3n2)cc1. The standard InChI is InChI=1S/C35H35N5O3S/c1-4-6-19-42-28-15-13-25(14-16-28)33-36-35-40(38-33)34(41)31(44-35)22-26-23-39(27-11-9-8-10-12-27)37-32(26)30-18-17-29(21-24(30)3)43-20-7-5-2/h8-18,21-23H,4-7,19-20H2,1-3H3/b31-22-. The van der Waals surface area contributed by atoms with Crippen molar-refractivity contribution in [2.45, 2.75) is 46.5 Å². The number of benzene rings is 3. The highest BCUT2D eigenvalue weighted by atomic mass is 32.1. The molecular formula is C35H35N5O3S. The van der Waals surface area contributed by atoms with Crippen molar-refractivity contribution in [3.8, 4) is 39.8 Å². The van der Waals surface area contributed by atoms with Crippen molar-refractivity contribution in [3.63, 3.8) is 0 Å². The second-order valence-corrected chi connectivity index (χ2v) is 11.7. The summed E-state index contributed by atoms with van der Waals surface area (Å²) in [6.07, 6.45) is 8.04. The Kier molecular flexibility index (Phi) is 8.84. The van der Waals surface area contributed by atoms with Gasteiger partial charge in [0.2, 0.25) is 4.96 Å². The molecule has 6 rings (SSSR count). The smallest absolute Gasteiger partial charge is 0.291 e. The number of aromatic nitrogens is 5. The van der Waals surface area contributed by atoms with Crippen LogP contribution < -0.4 is 19.6 Å². The molecule has 9 heteroatoms. The van der Waals surface area contributed by atoms with Gasteiger partial charge in [0.25, 0.3) is 5.56 Å². The fraction of sp³-hybridized carbons (Fsp3) is 0.257. The highest BCUT2D eigenvalue weighted by Crippen LogP contribution is 2.30. The Hall–Kier alpha value is -4.76. The summed E-state index contributed by atoms with van der Waals surface area (Å²) >= 11 is 1.32. The summed E-state index contributed by atoms with van der Waals surface area (Å²) in [4.78, 5) is 18.7. The van der Waals surface area contributed by atoms with E-state index in [9.17, 15) is 4.79 Å². The lowest BCUT2D eigenvalue weighted by Crippen LogP contribution is -2.23. The molecule has 0 bridgehead atoms. The van der Waals surface area contributed by atoms with Crippen molar-refractivity contribution in [1.82, 2.24) is 24.4 Å². The molecule has 8 nitrogen and oxygen atoms in total. The monoisotopic (exact) mass is 605 g/mol. The van der Waals surface area contributed by atoms with Crippen molar-refractivity contribution >= 4 is 22.4 Å². The molecule has 3 aromatic heterocycles. The van der Waals surface area contributed by atoms with E-state index in [1.54, 1.807) is 0 Å². The Balaban J connectivity index is 1.35. The van der Waals surface area contributed by atoms with Crippen molar-refractivity contribution in [2.24, 2.45) is 0 Å². The van der Waals surface area contributed by atoms with E-state index in [4.69, 9.17) is 14.6 Å². The van der Waals surface area contributed by atoms with Gasteiger partial charge in [-0.05, 0) is 86.0 Å². The van der Waals surface area contributed by atoms with E-state index in [2.05, 4.69) is 30.9 Å². The van der Waals surface area contributed by atoms with E-state index in [0.717, 1.165) is 70.8 Å². The molecule has 0 aliphatic heterocycles. The van der Waals surface area contributed by atoms with Crippen molar-refractivity contribution < 1.29 is 9.47 Å². The zero-order valence-electron chi connectivity index (χ0n) is 25.2. The van der Waals surface area contributed by atoms with Gasteiger partial charge in [-0.3, -0.25) is 4.79 Å². The van der Waals surface area contributed by atoms with Crippen LogP contribution in [0.15, 0.2) is 83.8 Å². The van der Waals surface area contributed by atoms with Gasteiger partial charge in [0.05, 0.1) is 23.4 Å². The number of fused-ring (bicyclic) bond motifs is 1. The van der Waals surface area contributed by atoms with E-state index in [1.165, 1.54) is 15.9 Å². The first-order chi connectivity index (χ1) is 21.5. The highest BCUT2D eigenvalue weighted by Gasteiger charge is 2.16. The highest BCUT2D eigenvalue weighted by molar-refractivity contribution is 7.15. The van der Waals surface area contributed by atoms with Gasteiger partial charge in [-0.1, -0.05) is 56.2 Å². The summed E-state index contributed by atoms with van der Waals surface area (Å²) in [5, 5.41) is 9.51. The minimum Gasteiger partial charge on any atom is -0.494 e. The largest absolute Gasteiger partial charge is 0.494 e. The number of nitrogens with zero attached hydrogens (tertiary/aromatic N) is 5. The molecule has 44 heavy (non-hydrogen) atoms.